The van der Waals surface area contributed by atoms with Gasteiger partial charge in [0.05, 0.1) is 19.8 Å². The van der Waals surface area contributed by atoms with Crippen LogP contribution in [0, 0.1) is 0 Å². The molecule has 0 atom stereocenters. The van der Waals surface area contributed by atoms with Crippen LogP contribution >= 0.6 is 24.0 Å². The second-order valence-electron chi connectivity index (χ2n) is 5.18. The molecule has 21 heavy (non-hydrogen) atoms. The van der Waals surface area contributed by atoms with E-state index in [9.17, 15) is 0 Å². The Morgan fingerprint density at radius 1 is 1.43 bits per heavy atom. The highest BCUT2D eigenvalue weighted by molar-refractivity contribution is 14.0. The van der Waals surface area contributed by atoms with Crippen molar-refractivity contribution in [3.63, 3.8) is 0 Å². The molecule has 0 spiro atoms. The topological polar surface area (TPSA) is 59.6 Å². The van der Waals surface area contributed by atoms with Gasteiger partial charge < -0.3 is 15.8 Å². The van der Waals surface area contributed by atoms with Gasteiger partial charge in [0.25, 0.3) is 0 Å². The highest BCUT2D eigenvalue weighted by atomic mass is 127. The summed E-state index contributed by atoms with van der Waals surface area (Å²) < 4.78 is 5.36. The third-order valence-corrected chi connectivity index (χ3v) is 2.69. The predicted octanol–water partition coefficient (Wildman–Crippen LogP) is 3.75. The van der Waals surface area contributed by atoms with Crippen LogP contribution in [0.25, 0.3) is 0 Å². The lowest BCUT2D eigenvalue weighted by atomic mass is 10.0. The van der Waals surface area contributed by atoms with Gasteiger partial charge in [-0.05, 0) is 30.5 Å². The fraction of sp³-hybridized carbons (Fsp3) is 0.438. The zero-order valence-electron chi connectivity index (χ0n) is 13.1. The van der Waals surface area contributed by atoms with E-state index >= 15 is 0 Å². The van der Waals surface area contributed by atoms with E-state index in [0.29, 0.717) is 31.6 Å². The Morgan fingerprint density at radius 2 is 2.14 bits per heavy atom. The van der Waals surface area contributed by atoms with Crippen molar-refractivity contribution in [1.82, 2.24) is 0 Å². The van der Waals surface area contributed by atoms with Gasteiger partial charge >= 0.3 is 0 Å². The summed E-state index contributed by atoms with van der Waals surface area (Å²) in [6.07, 6.45) is 0. The molecule has 0 saturated heterocycles. The molecule has 1 aromatic carbocycles. The van der Waals surface area contributed by atoms with Crippen molar-refractivity contribution in [2.24, 2.45) is 10.7 Å². The molecule has 0 radical (unpaired) electrons. The van der Waals surface area contributed by atoms with Gasteiger partial charge in [0.15, 0.2) is 5.96 Å². The fourth-order valence-corrected chi connectivity index (χ4v) is 1.64. The Morgan fingerprint density at radius 3 is 2.76 bits per heavy atom. The van der Waals surface area contributed by atoms with E-state index in [1.54, 1.807) is 0 Å². The second kappa shape index (κ2) is 10.6. The van der Waals surface area contributed by atoms with Crippen LogP contribution in [-0.2, 0) is 4.74 Å². The standard InChI is InChI=1S/C16H25N3O.HI/c1-12(2)11-20-9-8-18-16(17)19-15-7-5-6-14(10-15)13(3)4;/h5-7,10,13H,1,8-9,11H2,2-4H3,(H3,17,18,19);1H. The summed E-state index contributed by atoms with van der Waals surface area (Å²) in [5, 5.41) is 3.09. The molecule has 0 heterocycles. The van der Waals surface area contributed by atoms with Gasteiger partial charge in [-0.25, -0.2) is 0 Å². The van der Waals surface area contributed by atoms with Crippen LogP contribution in [0.1, 0.15) is 32.3 Å². The first kappa shape index (κ1) is 19.9. The van der Waals surface area contributed by atoms with Crippen LogP contribution < -0.4 is 11.1 Å². The van der Waals surface area contributed by atoms with Crippen LogP contribution in [0.15, 0.2) is 41.4 Å². The molecule has 0 aliphatic heterocycles. The van der Waals surface area contributed by atoms with Crippen LogP contribution in [-0.4, -0.2) is 25.7 Å². The number of anilines is 1. The highest BCUT2D eigenvalue weighted by Gasteiger charge is 2.01. The van der Waals surface area contributed by atoms with Crippen molar-refractivity contribution in [2.45, 2.75) is 26.7 Å². The highest BCUT2D eigenvalue weighted by Crippen LogP contribution is 2.18. The van der Waals surface area contributed by atoms with E-state index < -0.39 is 0 Å². The molecule has 0 unspecified atom stereocenters. The minimum Gasteiger partial charge on any atom is -0.375 e. The number of guanidine groups is 1. The molecular weight excluding hydrogens is 377 g/mol. The first-order chi connectivity index (χ1) is 9.49. The lowest BCUT2D eigenvalue weighted by Gasteiger charge is -2.10. The fourth-order valence-electron chi connectivity index (χ4n) is 1.64. The third-order valence-electron chi connectivity index (χ3n) is 2.69. The normalized spacial score (nSPS) is 11.1. The molecule has 0 aliphatic rings. The van der Waals surface area contributed by atoms with Crippen molar-refractivity contribution >= 4 is 35.6 Å². The summed E-state index contributed by atoms with van der Waals surface area (Å²) >= 11 is 0. The number of benzene rings is 1. The Kier molecular flexibility index (Phi) is 10.1. The first-order valence-electron chi connectivity index (χ1n) is 6.88. The Hall–Kier alpha value is -1.08. The number of halogens is 1. The molecule has 1 rings (SSSR count). The number of nitrogens with zero attached hydrogens (tertiary/aromatic N) is 1. The molecule has 0 amide bonds. The average molecular weight is 403 g/mol. The summed E-state index contributed by atoms with van der Waals surface area (Å²) in [7, 11) is 0. The van der Waals surface area contributed by atoms with Gasteiger partial charge in [-0.3, -0.25) is 4.99 Å². The SMILES string of the molecule is C=C(C)COCCN=C(N)Nc1cccc(C(C)C)c1.I. The van der Waals surface area contributed by atoms with Crippen molar-refractivity contribution < 1.29 is 4.74 Å². The zero-order chi connectivity index (χ0) is 15.0. The van der Waals surface area contributed by atoms with Gasteiger partial charge in [0.1, 0.15) is 0 Å². The van der Waals surface area contributed by atoms with Gasteiger partial charge in [0, 0.05) is 5.69 Å². The average Bonchev–Trinajstić information content (AvgIpc) is 2.38. The van der Waals surface area contributed by atoms with Crippen LogP contribution in [0.3, 0.4) is 0 Å². The summed E-state index contributed by atoms with van der Waals surface area (Å²) in [6.45, 7) is 11.7. The molecule has 5 heteroatoms. The lowest BCUT2D eigenvalue weighted by molar-refractivity contribution is 0.165. The minimum atomic E-state index is 0. The number of hydrogen-bond donors (Lipinski definition) is 2. The van der Waals surface area contributed by atoms with E-state index in [4.69, 9.17) is 10.5 Å². The van der Waals surface area contributed by atoms with E-state index in [-0.39, 0.29) is 24.0 Å². The van der Waals surface area contributed by atoms with E-state index in [1.807, 2.05) is 19.1 Å². The Balaban J connectivity index is 0.00000400. The van der Waals surface area contributed by atoms with E-state index in [2.05, 4.69) is 42.9 Å². The van der Waals surface area contributed by atoms with Crippen molar-refractivity contribution in [1.29, 1.82) is 0 Å². The second-order valence-corrected chi connectivity index (χ2v) is 5.18. The maximum atomic E-state index is 5.84. The van der Waals surface area contributed by atoms with Crippen molar-refractivity contribution in [3.05, 3.63) is 42.0 Å². The van der Waals surface area contributed by atoms with Crippen molar-refractivity contribution in [3.8, 4) is 0 Å². The molecule has 118 valence electrons. The molecule has 0 aromatic heterocycles. The molecule has 1 aromatic rings. The molecule has 4 nitrogen and oxygen atoms in total. The van der Waals surface area contributed by atoms with Gasteiger partial charge in [0.2, 0.25) is 0 Å². The summed E-state index contributed by atoms with van der Waals surface area (Å²) in [5.74, 6) is 0.898. The quantitative estimate of drug-likeness (QED) is 0.240. The molecule has 0 bridgehead atoms. The maximum Gasteiger partial charge on any atom is 0.193 e. The van der Waals surface area contributed by atoms with Crippen molar-refractivity contribution in [2.75, 3.05) is 25.1 Å². The van der Waals surface area contributed by atoms with E-state index in [0.717, 1.165) is 11.3 Å². The third kappa shape index (κ3) is 8.72. The number of ether oxygens (including phenoxy) is 1. The first-order valence-corrected chi connectivity index (χ1v) is 6.88. The predicted molar refractivity (Wildman–Crippen MR) is 102 cm³/mol. The molecule has 3 N–H and O–H groups in total. The summed E-state index contributed by atoms with van der Waals surface area (Å²) in [5.41, 5.74) is 9.07. The number of aliphatic imine (C=N–C) groups is 1. The Labute approximate surface area is 144 Å². The molecule has 0 aliphatic carbocycles. The molecule has 0 saturated carbocycles. The number of rotatable bonds is 7. The maximum absolute atomic E-state index is 5.84. The zero-order valence-corrected chi connectivity index (χ0v) is 15.4. The van der Waals surface area contributed by atoms with Gasteiger partial charge in [-0.15, -0.1) is 24.0 Å². The number of hydrogen-bond acceptors (Lipinski definition) is 2. The summed E-state index contributed by atoms with van der Waals surface area (Å²) in [4.78, 5) is 4.22. The van der Waals surface area contributed by atoms with Crippen LogP contribution in [0.4, 0.5) is 5.69 Å². The molecular formula is C16H26IN3O. The van der Waals surface area contributed by atoms with Crippen LogP contribution in [0.2, 0.25) is 0 Å². The Bertz CT molecular complexity index is 472. The van der Waals surface area contributed by atoms with Gasteiger partial charge in [-0.2, -0.15) is 0 Å². The monoisotopic (exact) mass is 403 g/mol. The number of nitrogens with one attached hydrogen (secondary N) is 1. The number of nitrogens with two attached hydrogens (primary N) is 1. The van der Waals surface area contributed by atoms with Gasteiger partial charge in [-0.1, -0.05) is 38.1 Å². The lowest BCUT2D eigenvalue weighted by Crippen LogP contribution is -2.23. The smallest absolute Gasteiger partial charge is 0.193 e. The van der Waals surface area contributed by atoms with Crippen LogP contribution in [0.5, 0.6) is 0 Å². The summed E-state index contributed by atoms with van der Waals surface area (Å²) in [6, 6.07) is 8.19. The van der Waals surface area contributed by atoms with E-state index in [1.165, 1.54) is 5.56 Å². The largest absolute Gasteiger partial charge is 0.375 e. The molecule has 0 fully saturated rings. The minimum absolute atomic E-state index is 0.